The second-order valence-electron chi connectivity index (χ2n) is 10.4. The predicted molar refractivity (Wildman–Crippen MR) is 126 cm³/mol. The number of ether oxygens (including phenoxy) is 2. The molecule has 4 bridgehead atoms. The summed E-state index contributed by atoms with van der Waals surface area (Å²) in [5, 5.41) is 11.5. The van der Waals surface area contributed by atoms with Crippen LogP contribution in [0.3, 0.4) is 0 Å². The highest BCUT2D eigenvalue weighted by molar-refractivity contribution is 9.10. The maximum absolute atomic E-state index is 13.9. The molecular formula is C26H28BrNO5. The predicted octanol–water partition coefficient (Wildman–Crippen LogP) is 3.09. The van der Waals surface area contributed by atoms with Crippen LogP contribution in [0.5, 0.6) is 11.5 Å². The van der Waals surface area contributed by atoms with E-state index in [4.69, 9.17) is 9.47 Å². The van der Waals surface area contributed by atoms with Gasteiger partial charge in [0.25, 0.3) is 0 Å². The van der Waals surface area contributed by atoms with Gasteiger partial charge >= 0.3 is 0 Å². The number of likely N-dealkylation sites (N-methyl/N-ethyl adjacent to an activating group) is 1. The molecule has 5 aliphatic carbocycles. The first-order valence-electron chi connectivity index (χ1n) is 11.4. The summed E-state index contributed by atoms with van der Waals surface area (Å²) in [6.45, 7) is 2.54. The zero-order valence-corrected chi connectivity index (χ0v) is 20.9. The second kappa shape index (κ2) is 6.37. The molecule has 2 fully saturated rings. The Kier molecular flexibility index (Phi) is 4.17. The van der Waals surface area contributed by atoms with Gasteiger partial charge in [-0.3, -0.25) is 9.59 Å². The van der Waals surface area contributed by atoms with Crippen molar-refractivity contribution in [2.75, 3.05) is 27.8 Å². The molecule has 0 amide bonds. The molecule has 33 heavy (non-hydrogen) atoms. The standard InChI is InChI=1S/C26H28BrNO5/c1-14-11-16(29)21-25-8-7-24(33-4,26(21,27)22(14)31)13-23(25)9-10-28(2)18(25)12-15-5-6-17(32-3)20(30)19(15)23/h5-8,11,18,21,30H,9-10,12-13H2,1-4H3/t18-,21-,23-,24-,25-,26-/m1/s1. The highest BCUT2D eigenvalue weighted by Gasteiger charge is 2.82. The van der Waals surface area contributed by atoms with Crippen LogP contribution in [0.2, 0.25) is 0 Å². The molecule has 6 aliphatic rings. The van der Waals surface area contributed by atoms with E-state index in [1.807, 2.05) is 18.2 Å². The summed E-state index contributed by atoms with van der Waals surface area (Å²) in [5.74, 6) is -0.212. The number of halogens is 1. The van der Waals surface area contributed by atoms with Crippen LogP contribution in [0.4, 0.5) is 0 Å². The van der Waals surface area contributed by atoms with Gasteiger partial charge in [0.05, 0.1) is 13.0 Å². The van der Waals surface area contributed by atoms with Gasteiger partial charge in [0, 0.05) is 29.5 Å². The molecule has 1 saturated carbocycles. The summed E-state index contributed by atoms with van der Waals surface area (Å²) in [4.78, 5) is 30.0. The summed E-state index contributed by atoms with van der Waals surface area (Å²) in [5.41, 5.74) is 0.118. The highest BCUT2D eigenvalue weighted by atomic mass is 79.9. The van der Waals surface area contributed by atoms with E-state index in [2.05, 4.69) is 34.0 Å². The topological polar surface area (TPSA) is 76.1 Å². The number of hydrogen-bond acceptors (Lipinski definition) is 6. The molecule has 1 aromatic carbocycles. The number of rotatable bonds is 2. The zero-order chi connectivity index (χ0) is 23.6. The molecule has 1 heterocycles. The van der Waals surface area contributed by atoms with E-state index in [0.29, 0.717) is 24.2 Å². The molecule has 7 heteroatoms. The monoisotopic (exact) mass is 513 g/mol. The number of fused-ring (bicyclic) bond motifs is 1. The normalized spacial score (nSPS) is 43.0. The Balaban J connectivity index is 1.75. The van der Waals surface area contributed by atoms with E-state index in [-0.39, 0.29) is 23.4 Å². The summed E-state index contributed by atoms with van der Waals surface area (Å²) >= 11 is 3.87. The summed E-state index contributed by atoms with van der Waals surface area (Å²) in [6, 6.07) is 3.86. The van der Waals surface area contributed by atoms with Crippen LogP contribution in [-0.4, -0.2) is 65.4 Å². The van der Waals surface area contributed by atoms with Crippen molar-refractivity contribution in [3.63, 3.8) is 0 Å². The van der Waals surface area contributed by atoms with Crippen LogP contribution in [-0.2, 0) is 26.2 Å². The molecule has 1 aromatic rings. The van der Waals surface area contributed by atoms with E-state index in [1.165, 1.54) is 6.08 Å². The van der Waals surface area contributed by atoms with Gasteiger partial charge in [-0.15, -0.1) is 0 Å². The minimum Gasteiger partial charge on any atom is -0.504 e. The third-order valence-electron chi connectivity index (χ3n) is 9.52. The van der Waals surface area contributed by atoms with Gasteiger partial charge in [-0.1, -0.05) is 34.1 Å². The van der Waals surface area contributed by atoms with Crippen LogP contribution >= 0.6 is 15.9 Å². The van der Waals surface area contributed by atoms with Gasteiger partial charge in [0.15, 0.2) is 23.1 Å². The Morgan fingerprint density at radius 1 is 1.21 bits per heavy atom. The number of methoxy groups -OCH3 is 2. The fourth-order valence-corrected chi connectivity index (χ4v) is 9.59. The first-order valence-corrected chi connectivity index (χ1v) is 12.2. The quantitative estimate of drug-likeness (QED) is 0.483. The number of Topliss-reactive ketones (excluding diaryl/α,β-unsaturated/α-hetero) is 1. The Morgan fingerprint density at radius 2 is 1.97 bits per heavy atom. The van der Waals surface area contributed by atoms with Gasteiger partial charge in [-0.25, -0.2) is 0 Å². The minimum atomic E-state index is -1.19. The zero-order valence-electron chi connectivity index (χ0n) is 19.3. The molecule has 1 spiro atoms. The third-order valence-corrected chi connectivity index (χ3v) is 11.0. The van der Waals surface area contributed by atoms with E-state index in [0.717, 1.165) is 24.1 Å². The Morgan fingerprint density at radius 3 is 2.67 bits per heavy atom. The molecule has 1 saturated heterocycles. The average Bonchev–Trinajstić information content (AvgIpc) is 2.79. The van der Waals surface area contributed by atoms with Crippen molar-refractivity contribution >= 4 is 27.5 Å². The number of hydrogen-bond donors (Lipinski definition) is 1. The third kappa shape index (κ3) is 2.06. The first kappa shape index (κ1) is 21.6. The van der Waals surface area contributed by atoms with E-state index >= 15 is 0 Å². The fraction of sp³-hybridized carbons (Fsp3) is 0.538. The van der Waals surface area contributed by atoms with Crippen molar-refractivity contribution in [2.45, 2.75) is 47.6 Å². The molecule has 174 valence electrons. The van der Waals surface area contributed by atoms with Crippen molar-refractivity contribution in [1.29, 1.82) is 0 Å². The Hall–Kier alpha value is -1.96. The van der Waals surface area contributed by atoms with Gasteiger partial charge in [0.1, 0.15) is 9.93 Å². The lowest BCUT2D eigenvalue weighted by Crippen LogP contribution is -2.83. The van der Waals surface area contributed by atoms with Crippen LogP contribution in [0.15, 0.2) is 35.9 Å². The van der Waals surface area contributed by atoms with Crippen LogP contribution in [0, 0.1) is 11.3 Å². The molecule has 1 N–H and O–H groups in total. The van der Waals surface area contributed by atoms with Gasteiger partial charge in [-0.2, -0.15) is 0 Å². The number of benzene rings is 1. The number of likely N-dealkylation sites (tertiary alicyclic amines) is 1. The molecule has 0 unspecified atom stereocenters. The summed E-state index contributed by atoms with van der Waals surface area (Å²) in [7, 11) is 5.27. The molecular weight excluding hydrogens is 486 g/mol. The van der Waals surface area contributed by atoms with Crippen molar-refractivity contribution in [2.24, 2.45) is 11.3 Å². The van der Waals surface area contributed by atoms with Crippen molar-refractivity contribution in [1.82, 2.24) is 4.90 Å². The van der Waals surface area contributed by atoms with Crippen LogP contribution in [0.1, 0.15) is 30.9 Å². The SMILES string of the molecule is COc1ccc2c(c1O)[C@]13CCN(C)[C@H](C2)[C@@]12C=C[C@@](OC)(C3)[C@]1(Br)C(=O)C(C)=CC(=O)[C@H]21. The van der Waals surface area contributed by atoms with Crippen molar-refractivity contribution < 1.29 is 24.2 Å². The number of carbonyl (C=O) groups is 2. The van der Waals surface area contributed by atoms with Crippen LogP contribution in [0.25, 0.3) is 0 Å². The number of phenolic OH excluding ortho intramolecular Hbond substituents is 1. The lowest BCUT2D eigenvalue weighted by Gasteiger charge is -2.75. The lowest BCUT2D eigenvalue weighted by atomic mass is 9.33. The molecule has 7 rings (SSSR count). The number of carbonyl (C=O) groups excluding carboxylic acids is 2. The average molecular weight is 514 g/mol. The largest absolute Gasteiger partial charge is 0.504 e. The first-order chi connectivity index (χ1) is 15.6. The maximum Gasteiger partial charge on any atom is 0.179 e. The number of alkyl halides is 1. The molecule has 1 aliphatic heterocycles. The number of allylic oxidation sites excluding steroid dienone is 2. The van der Waals surface area contributed by atoms with E-state index in [1.54, 1.807) is 21.1 Å². The van der Waals surface area contributed by atoms with Gasteiger partial charge in [-0.05, 0) is 63.1 Å². The lowest BCUT2D eigenvalue weighted by molar-refractivity contribution is -0.191. The molecule has 0 radical (unpaired) electrons. The van der Waals surface area contributed by atoms with E-state index in [9.17, 15) is 14.7 Å². The summed E-state index contributed by atoms with van der Waals surface area (Å²) < 4.78 is 10.5. The Labute approximate surface area is 201 Å². The number of piperidine rings is 1. The molecule has 6 atom stereocenters. The number of phenols is 1. The smallest absolute Gasteiger partial charge is 0.179 e. The number of nitrogens with zero attached hydrogens (tertiary/aromatic N) is 1. The van der Waals surface area contributed by atoms with Crippen molar-refractivity contribution in [3.8, 4) is 11.5 Å². The Bertz CT molecular complexity index is 1190. The number of ketones is 2. The molecule has 0 aromatic heterocycles. The van der Waals surface area contributed by atoms with Crippen molar-refractivity contribution in [3.05, 3.63) is 47.1 Å². The fourth-order valence-electron chi connectivity index (χ4n) is 8.24. The van der Waals surface area contributed by atoms with E-state index < -0.39 is 26.7 Å². The van der Waals surface area contributed by atoms with Gasteiger partial charge < -0.3 is 19.5 Å². The summed E-state index contributed by atoms with van der Waals surface area (Å²) in [6.07, 6.45) is 7.62. The molecule has 6 nitrogen and oxygen atoms in total. The number of aromatic hydroxyl groups is 1. The van der Waals surface area contributed by atoms with Gasteiger partial charge in [0.2, 0.25) is 0 Å². The maximum atomic E-state index is 13.9. The highest BCUT2D eigenvalue weighted by Crippen LogP contribution is 2.76. The minimum absolute atomic E-state index is 0.00318. The van der Waals surface area contributed by atoms with Crippen LogP contribution < -0.4 is 4.74 Å². The second-order valence-corrected chi connectivity index (χ2v) is 11.7.